The van der Waals surface area contributed by atoms with Crippen LogP contribution in [-0.4, -0.2) is 36.1 Å². The molecule has 0 heterocycles. The molecule has 1 aromatic carbocycles. The van der Waals surface area contributed by atoms with Gasteiger partial charge in [-0.25, -0.2) is 4.79 Å². The van der Waals surface area contributed by atoms with Crippen LogP contribution in [0, 0.1) is 0 Å². The fourth-order valence-corrected chi connectivity index (χ4v) is 2.24. The topological polar surface area (TPSA) is 58.6 Å². The predicted molar refractivity (Wildman–Crippen MR) is 98.3 cm³/mol. The molecule has 8 heteroatoms. The van der Waals surface area contributed by atoms with E-state index in [2.05, 4.69) is 11.9 Å². The van der Waals surface area contributed by atoms with E-state index in [4.69, 9.17) is 4.74 Å². The Morgan fingerprint density at radius 2 is 1.81 bits per heavy atom. The van der Waals surface area contributed by atoms with Gasteiger partial charge in [0.2, 0.25) is 5.91 Å². The standard InChI is InChI=1S/C19H25F3N2O3/c1-12(9-10-24(6)17(26)27-18(3,4)5)15-8-7-14(23-13(2)25)11-16(15)19(20,21)22/h7-8,11H,1,9-10H2,2-6H3,(H,23,25). The Kier molecular flexibility index (Phi) is 7.05. The second kappa shape index (κ2) is 8.45. The van der Waals surface area contributed by atoms with Gasteiger partial charge in [-0.15, -0.1) is 0 Å². The highest BCUT2D eigenvalue weighted by atomic mass is 19.4. The van der Waals surface area contributed by atoms with Crippen LogP contribution < -0.4 is 5.32 Å². The van der Waals surface area contributed by atoms with Gasteiger partial charge in [0.05, 0.1) is 5.56 Å². The SMILES string of the molecule is C=C(CCN(C)C(=O)OC(C)(C)C)c1ccc(NC(C)=O)cc1C(F)(F)F. The normalized spacial score (nSPS) is 11.7. The van der Waals surface area contributed by atoms with E-state index in [-0.39, 0.29) is 29.8 Å². The molecule has 0 aliphatic rings. The second-order valence-corrected chi connectivity index (χ2v) is 7.19. The number of carbonyl (C=O) groups excluding carboxylic acids is 2. The Morgan fingerprint density at radius 1 is 1.22 bits per heavy atom. The molecule has 0 spiro atoms. The molecule has 0 atom stereocenters. The van der Waals surface area contributed by atoms with Crippen LogP contribution in [0.5, 0.6) is 0 Å². The first-order chi connectivity index (χ1) is 12.2. The molecule has 1 N–H and O–H groups in total. The average Bonchev–Trinajstić information content (AvgIpc) is 2.49. The number of carbonyl (C=O) groups is 2. The Bertz CT molecular complexity index is 722. The van der Waals surface area contributed by atoms with Gasteiger partial charge in [0, 0.05) is 26.2 Å². The van der Waals surface area contributed by atoms with Crippen LogP contribution >= 0.6 is 0 Å². The van der Waals surface area contributed by atoms with Crippen molar-refractivity contribution in [2.45, 2.75) is 45.9 Å². The van der Waals surface area contributed by atoms with Gasteiger partial charge in [0.15, 0.2) is 0 Å². The fourth-order valence-electron chi connectivity index (χ4n) is 2.24. The van der Waals surface area contributed by atoms with Crippen LogP contribution in [0.25, 0.3) is 5.57 Å². The van der Waals surface area contributed by atoms with E-state index in [1.54, 1.807) is 20.8 Å². The lowest BCUT2D eigenvalue weighted by Crippen LogP contribution is -2.34. The maximum atomic E-state index is 13.4. The molecule has 27 heavy (non-hydrogen) atoms. The number of anilines is 1. The van der Waals surface area contributed by atoms with Crippen LogP contribution in [-0.2, 0) is 15.7 Å². The van der Waals surface area contributed by atoms with Crippen molar-refractivity contribution in [3.8, 4) is 0 Å². The van der Waals surface area contributed by atoms with E-state index < -0.39 is 29.3 Å². The summed E-state index contributed by atoms with van der Waals surface area (Å²) < 4.78 is 45.4. The van der Waals surface area contributed by atoms with E-state index in [1.807, 2.05) is 0 Å². The summed E-state index contributed by atoms with van der Waals surface area (Å²) in [6.45, 7) is 10.3. The van der Waals surface area contributed by atoms with Gasteiger partial charge in [0.25, 0.3) is 0 Å². The van der Waals surface area contributed by atoms with Crippen LogP contribution in [0.4, 0.5) is 23.7 Å². The third-order valence-electron chi connectivity index (χ3n) is 3.48. The highest BCUT2D eigenvalue weighted by Gasteiger charge is 2.34. The van der Waals surface area contributed by atoms with Crippen molar-refractivity contribution in [3.05, 3.63) is 35.9 Å². The van der Waals surface area contributed by atoms with Gasteiger partial charge in [-0.2, -0.15) is 13.2 Å². The van der Waals surface area contributed by atoms with Crippen LogP contribution in [0.2, 0.25) is 0 Å². The molecule has 0 radical (unpaired) electrons. The number of rotatable bonds is 5. The van der Waals surface area contributed by atoms with E-state index in [9.17, 15) is 22.8 Å². The van der Waals surface area contributed by atoms with Crippen LogP contribution in [0.1, 0.15) is 45.2 Å². The number of hydrogen-bond acceptors (Lipinski definition) is 3. The highest BCUT2D eigenvalue weighted by molar-refractivity contribution is 5.89. The maximum Gasteiger partial charge on any atom is 0.417 e. The van der Waals surface area contributed by atoms with Crippen molar-refractivity contribution < 1.29 is 27.5 Å². The molecule has 2 amide bonds. The quantitative estimate of drug-likeness (QED) is 0.780. The van der Waals surface area contributed by atoms with E-state index in [0.717, 1.165) is 6.07 Å². The van der Waals surface area contributed by atoms with Gasteiger partial charge < -0.3 is 15.0 Å². The zero-order valence-electron chi connectivity index (χ0n) is 16.2. The monoisotopic (exact) mass is 386 g/mol. The Hall–Kier alpha value is -2.51. The van der Waals surface area contributed by atoms with E-state index >= 15 is 0 Å². The lowest BCUT2D eigenvalue weighted by Gasteiger charge is -2.25. The van der Waals surface area contributed by atoms with Gasteiger partial charge >= 0.3 is 12.3 Å². The van der Waals surface area contributed by atoms with Crippen LogP contribution in [0.15, 0.2) is 24.8 Å². The third-order valence-corrected chi connectivity index (χ3v) is 3.48. The predicted octanol–water partition coefficient (Wildman–Crippen LogP) is 4.93. The molecule has 0 saturated heterocycles. The minimum Gasteiger partial charge on any atom is -0.444 e. The number of benzene rings is 1. The molecular weight excluding hydrogens is 361 g/mol. The Morgan fingerprint density at radius 3 is 2.30 bits per heavy atom. The second-order valence-electron chi connectivity index (χ2n) is 7.19. The molecule has 0 aliphatic heterocycles. The third kappa shape index (κ3) is 7.32. The summed E-state index contributed by atoms with van der Waals surface area (Å²) in [5, 5.41) is 2.33. The molecule has 0 aliphatic carbocycles. The smallest absolute Gasteiger partial charge is 0.417 e. The molecule has 1 aromatic rings. The van der Waals surface area contributed by atoms with Crippen molar-refractivity contribution in [1.82, 2.24) is 4.90 Å². The molecular formula is C19H25F3N2O3. The fraction of sp³-hybridized carbons (Fsp3) is 0.474. The first kappa shape index (κ1) is 22.5. The molecule has 0 bridgehead atoms. The average molecular weight is 386 g/mol. The van der Waals surface area contributed by atoms with Crippen LogP contribution in [0.3, 0.4) is 0 Å². The summed E-state index contributed by atoms with van der Waals surface area (Å²) in [6, 6.07) is 3.53. The summed E-state index contributed by atoms with van der Waals surface area (Å²) in [6.07, 6.45) is -5.03. The minimum absolute atomic E-state index is 0.0530. The first-order valence-electron chi connectivity index (χ1n) is 8.32. The van der Waals surface area contributed by atoms with Gasteiger partial charge in [-0.05, 0) is 50.5 Å². The van der Waals surface area contributed by atoms with Gasteiger partial charge in [0.1, 0.15) is 5.60 Å². The molecule has 0 unspecified atom stereocenters. The molecule has 0 aromatic heterocycles. The number of alkyl halides is 3. The van der Waals surface area contributed by atoms with Crippen molar-refractivity contribution in [3.63, 3.8) is 0 Å². The Labute approximate surface area is 157 Å². The molecule has 150 valence electrons. The number of nitrogens with one attached hydrogen (secondary N) is 1. The van der Waals surface area contributed by atoms with E-state index in [0.29, 0.717) is 0 Å². The maximum absolute atomic E-state index is 13.4. The lowest BCUT2D eigenvalue weighted by molar-refractivity contribution is -0.137. The van der Waals surface area contributed by atoms with Crippen molar-refractivity contribution in [2.24, 2.45) is 0 Å². The highest BCUT2D eigenvalue weighted by Crippen LogP contribution is 2.37. The summed E-state index contributed by atoms with van der Waals surface area (Å²) in [7, 11) is 1.51. The van der Waals surface area contributed by atoms with Crippen molar-refractivity contribution in [1.29, 1.82) is 0 Å². The zero-order valence-corrected chi connectivity index (χ0v) is 16.2. The summed E-state index contributed by atoms with van der Waals surface area (Å²) in [5.41, 5.74) is -1.34. The van der Waals surface area contributed by atoms with Gasteiger partial charge in [-0.1, -0.05) is 12.6 Å². The number of ether oxygens (including phenoxy) is 1. The van der Waals surface area contributed by atoms with E-state index in [1.165, 1.54) is 31.0 Å². The molecule has 5 nitrogen and oxygen atoms in total. The van der Waals surface area contributed by atoms with Crippen molar-refractivity contribution >= 4 is 23.3 Å². The number of halogens is 3. The molecule has 0 fully saturated rings. The number of amides is 2. The van der Waals surface area contributed by atoms with Crippen molar-refractivity contribution in [2.75, 3.05) is 18.9 Å². The van der Waals surface area contributed by atoms with Gasteiger partial charge in [-0.3, -0.25) is 4.79 Å². The Balaban J connectivity index is 2.93. The molecule has 0 saturated carbocycles. The summed E-state index contributed by atoms with van der Waals surface area (Å²) in [5.74, 6) is -0.464. The minimum atomic E-state index is -4.61. The molecule has 1 rings (SSSR count). The number of nitrogens with zero attached hydrogens (tertiary/aromatic N) is 1. The first-order valence-corrected chi connectivity index (χ1v) is 8.32. The number of hydrogen-bond donors (Lipinski definition) is 1. The summed E-state index contributed by atoms with van der Waals surface area (Å²) >= 11 is 0. The largest absolute Gasteiger partial charge is 0.444 e. The summed E-state index contributed by atoms with van der Waals surface area (Å²) in [4.78, 5) is 24.3. The lowest BCUT2D eigenvalue weighted by atomic mass is 9.97. The zero-order chi connectivity index (χ0) is 21.0.